The quantitative estimate of drug-likeness (QED) is 0.0419. The molecule has 4 heterocycles. The number of alkyl halides is 2. The highest BCUT2D eigenvalue weighted by Gasteiger charge is 2.48. The van der Waals surface area contributed by atoms with Crippen LogP contribution in [0.3, 0.4) is 0 Å². The molecule has 0 bridgehead atoms. The second kappa shape index (κ2) is 29.7. The number of halogens is 3. The normalized spacial score (nSPS) is 31.6. The molecule has 4 aliphatic heterocycles. The molecule has 6 aliphatic rings. The monoisotopic (exact) mass is 1220 g/mol. The predicted molar refractivity (Wildman–Crippen MR) is 338 cm³/mol. The van der Waals surface area contributed by atoms with E-state index >= 15 is 4.39 Å². The minimum Gasteiger partial charge on any atom is -0.324 e. The standard InChI is InChI=1S/C64H100Br2FN3S4/c1-10-17-21-23-28-41-32-54(71-50(41)30-39(15-6)26-19-12-3)56-47-36-52(45-34-44(38(8)9)59(66)62(70)61(45)69)73-63(47)57(48-37-53(74-64(48)56)46-35-49(67)58(65)43(25-14-5)60(46)68)55-33-42(29-24-22-18-11-2)51(72-55)31-40(16-7)27-20-13-4/h33-35,39-43,49-54,58,60-62H,8,10-32,36-37,68-70H2,1-7,9H3. The van der Waals surface area contributed by atoms with Crippen LogP contribution in [0.2, 0.25) is 0 Å². The molecule has 74 heavy (non-hydrogen) atoms. The van der Waals surface area contributed by atoms with E-state index in [-0.39, 0.29) is 39.4 Å². The lowest BCUT2D eigenvalue weighted by atomic mass is 9.78. The Morgan fingerprint density at radius 3 is 1.91 bits per heavy atom. The maximum atomic E-state index is 16.4. The van der Waals surface area contributed by atoms with E-state index in [0.29, 0.717) is 21.7 Å². The molecule has 10 heteroatoms. The van der Waals surface area contributed by atoms with Crippen molar-refractivity contribution in [3.05, 3.63) is 73.8 Å². The SMILES string of the molecule is C=C(C)C1=C(Br)C(N)C(N)C(C2Cc3c(c(C4=CC(CCCCCC)C(CC(CC)CCCC)S4)c4c(c3C3CC(CCCCCC)C(CC(CC)CCCC)S3)SC(C3=CC(F)C(Br)C(CCC)C3N)C4)S2)=C1. The van der Waals surface area contributed by atoms with Gasteiger partial charge in [0.1, 0.15) is 6.17 Å². The fourth-order valence-electron chi connectivity index (χ4n) is 13.8. The fraction of sp³-hybridized carbons (Fsp3) is 0.750. The van der Waals surface area contributed by atoms with Crippen molar-refractivity contribution in [1.82, 2.24) is 0 Å². The van der Waals surface area contributed by atoms with Gasteiger partial charge in [0.25, 0.3) is 0 Å². The first-order chi connectivity index (χ1) is 35.7. The van der Waals surface area contributed by atoms with Crippen LogP contribution in [0.4, 0.5) is 4.39 Å². The number of rotatable bonds is 29. The molecule has 0 saturated carbocycles. The largest absolute Gasteiger partial charge is 0.324 e. The second-order valence-electron chi connectivity index (χ2n) is 23.8. The zero-order chi connectivity index (χ0) is 53.2. The molecule has 0 amide bonds. The molecule has 416 valence electrons. The Bertz CT molecular complexity index is 2150. The summed E-state index contributed by atoms with van der Waals surface area (Å²) in [6.07, 6.45) is 37.3. The van der Waals surface area contributed by atoms with Crippen LogP contribution >= 0.6 is 78.9 Å². The van der Waals surface area contributed by atoms with Crippen molar-refractivity contribution in [3.8, 4) is 0 Å². The van der Waals surface area contributed by atoms with Crippen LogP contribution in [0.15, 0.2) is 61.4 Å². The lowest BCUT2D eigenvalue weighted by molar-refractivity contribution is 0.279. The summed E-state index contributed by atoms with van der Waals surface area (Å²) < 4.78 is 17.4. The molecule has 15 atom stereocenters. The lowest BCUT2D eigenvalue weighted by Gasteiger charge is -2.37. The van der Waals surface area contributed by atoms with Crippen molar-refractivity contribution in [2.24, 2.45) is 46.8 Å². The predicted octanol–water partition coefficient (Wildman–Crippen LogP) is 19.7. The van der Waals surface area contributed by atoms with Gasteiger partial charge in [0.15, 0.2) is 0 Å². The minimum absolute atomic E-state index is 0.0810. The van der Waals surface area contributed by atoms with E-state index in [1.165, 1.54) is 161 Å². The van der Waals surface area contributed by atoms with Gasteiger partial charge in [-0.1, -0.05) is 214 Å². The molecule has 2 aliphatic carbocycles. The Labute approximate surface area is 486 Å². The van der Waals surface area contributed by atoms with Crippen LogP contribution in [-0.4, -0.2) is 50.1 Å². The Hall–Kier alpha value is 0.0900. The second-order valence-corrected chi connectivity index (χ2v) is 30.9. The van der Waals surface area contributed by atoms with Crippen molar-refractivity contribution >= 4 is 83.8 Å². The third-order valence-electron chi connectivity index (χ3n) is 18.4. The van der Waals surface area contributed by atoms with Gasteiger partial charge in [-0.05, 0) is 127 Å². The van der Waals surface area contributed by atoms with Crippen molar-refractivity contribution in [1.29, 1.82) is 0 Å². The van der Waals surface area contributed by atoms with Crippen LogP contribution in [-0.2, 0) is 12.8 Å². The molecule has 0 spiro atoms. The number of benzene rings is 1. The van der Waals surface area contributed by atoms with Crippen molar-refractivity contribution in [2.75, 3.05) is 0 Å². The molecular formula is C64H100Br2FN3S4. The number of hydrogen-bond acceptors (Lipinski definition) is 7. The fourth-order valence-corrected chi connectivity index (χ4v) is 22.3. The first-order valence-corrected chi connectivity index (χ1v) is 35.6. The van der Waals surface area contributed by atoms with Gasteiger partial charge in [-0.3, -0.25) is 0 Å². The summed E-state index contributed by atoms with van der Waals surface area (Å²) in [5.41, 5.74) is 32.6. The number of allylic oxidation sites excluding steroid dienone is 5. The molecule has 6 N–H and O–H groups in total. The van der Waals surface area contributed by atoms with Crippen LogP contribution in [0, 0.1) is 29.6 Å². The average molecular weight is 1220 g/mol. The number of unbranched alkanes of at least 4 members (excludes halogenated alkanes) is 8. The van der Waals surface area contributed by atoms with E-state index in [0.717, 1.165) is 64.6 Å². The first-order valence-electron chi connectivity index (χ1n) is 30.4. The van der Waals surface area contributed by atoms with Gasteiger partial charge in [0.05, 0.1) is 10.9 Å². The molecule has 1 aromatic rings. The zero-order valence-corrected chi connectivity index (χ0v) is 53.7. The summed E-state index contributed by atoms with van der Waals surface area (Å²) in [4.78, 5) is 4.34. The highest BCUT2D eigenvalue weighted by molar-refractivity contribution is 9.11. The van der Waals surface area contributed by atoms with Crippen LogP contribution in [0.25, 0.3) is 4.91 Å². The molecule has 0 radical (unpaired) electrons. The summed E-state index contributed by atoms with van der Waals surface area (Å²) in [6.45, 7) is 23.0. The third-order valence-corrected chi connectivity index (χ3v) is 26.5. The third kappa shape index (κ3) is 14.4. The van der Waals surface area contributed by atoms with Gasteiger partial charge < -0.3 is 17.2 Å². The van der Waals surface area contributed by atoms with Gasteiger partial charge in [-0.2, -0.15) is 0 Å². The summed E-state index contributed by atoms with van der Waals surface area (Å²) in [7, 11) is 0. The van der Waals surface area contributed by atoms with Gasteiger partial charge in [-0.15, -0.1) is 47.0 Å². The molecular weight excluding hydrogens is 1120 g/mol. The molecule has 1 saturated heterocycles. The van der Waals surface area contributed by atoms with E-state index < -0.39 is 6.17 Å². The highest BCUT2D eigenvalue weighted by Crippen LogP contribution is 2.64. The molecule has 0 aromatic heterocycles. The van der Waals surface area contributed by atoms with Crippen molar-refractivity contribution < 1.29 is 4.39 Å². The van der Waals surface area contributed by atoms with Crippen LogP contribution in [0.5, 0.6) is 0 Å². The van der Waals surface area contributed by atoms with E-state index in [1.54, 1.807) is 16.7 Å². The maximum absolute atomic E-state index is 16.4. The molecule has 3 nitrogen and oxygen atoms in total. The number of fused-ring (bicyclic) bond motifs is 2. The van der Waals surface area contributed by atoms with E-state index in [4.69, 9.17) is 17.2 Å². The average Bonchev–Trinajstić information content (AvgIpc) is 4.21. The number of thioether (sulfide) groups is 4. The molecule has 1 aromatic carbocycles. The molecule has 7 rings (SSSR count). The summed E-state index contributed by atoms with van der Waals surface area (Å²) in [5.74, 6) is 2.91. The number of hydrogen-bond donors (Lipinski definition) is 3. The Morgan fingerprint density at radius 2 is 1.28 bits per heavy atom. The topological polar surface area (TPSA) is 78.1 Å². The van der Waals surface area contributed by atoms with E-state index in [1.807, 2.05) is 6.08 Å². The Balaban J connectivity index is 1.41. The van der Waals surface area contributed by atoms with Crippen molar-refractivity contribution in [2.45, 2.75) is 281 Å². The number of nitrogens with two attached hydrogens (primary N) is 3. The van der Waals surface area contributed by atoms with Crippen LogP contribution in [0.1, 0.15) is 231 Å². The maximum Gasteiger partial charge on any atom is 0.131 e. The van der Waals surface area contributed by atoms with Crippen molar-refractivity contribution in [3.63, 3.8) is 0 Å². The molecule has 1 fully saturated rings. The van der Waals surface area contributed by atoms with Gasteiger partial charge in [0.2, 0.25) is 0 Å². The van der Waals surface area contributed by atoms with Gasteiger partial charge >= 0.3 is 0 Å². The smallest absolute Gasteiger partial charge is 0.131 e. The van der Waals surface area contributed by atoms with Crippen LogP contribution < -0.4 is 17.2 Å². The van der Waals surface area contributed by atoms with Gasteiger partial charge in [0, 0.05) is 63.1 Å². The minimum atomic E-state index is -1.04. The molecule has 15 unspecified atom stereocenters. The Morgan fingerprint density at radius 1 is 0.676 bits per heavy atom. The first kappa shape index (κ1) is 61.7. The van der Waals surface area contributed by atoms with E-state index in [9.17, 15) is 0 Å². The summed E-state index contributed by atoms with van der Waals surface area (Å²) in [5, 5.41) is 2.00. The summed E-state index contributed by atoms with van der Waals surface area (Å²) >= 11 is 16.5. The van der Waals surface area contributed by atoms with Gasteiger partial charge in [-0.25, -0.2) is 4.39 Å². The zero-order valence-electron chi connectivity index (χ0n) is 47.3. The lowest BCUT2D eigenvalue weighted by Crippen LogP contribution is -2.47. The highest BCUT2D eigenvalue weighted by atomic mass is 79.9. The summed E-state index contributed by atoms with van der Waals surface area (Å²) in [6, 6.07) is -0.751. The van der Waals surface area contributed by atoms with E-state index in [2.05, 4.69) is 153 Å². The Kier molecular flexibility index (Phi) is 24.8.